The van der Waals surface area contributed by atoms with Gasteiger partial charge in [-0.25, -0.2) is 8.42 Å². The molecular formula is C13H26N2O4S. The van der Waals surface area contributed by atoms with Gasteiger partial charge < -0.3 is 15.3 Å². The standard InChI is InChI=1S/C13H26N2O4S/c1-3-14-13(2,12(16)17)6-4-7-15-8-5-10-20(18,19)11-9-15/h14H,3-11H2,1-2H3,(H,16,17). The number of aliphatic carboxylic acids is 1. The van der Waals surface area contributed by atoms with Crippen LogP contribution in [-0.2, 0) is 14.6 Å². The molecule has 0 amide bonds. The molecule has 20 heavy (non-hydrogen) atoms. The van der Waals surface area contributed by atoms with Crippen LogP contribution in [0.25, 0.3) is 0 Å². The summed E-state index contributed by atoms with van der Waals surface area (Å²) >= 11 is 0. The number of hydrogen-bond acceptors (Lipinski definition) is 5. The minimum atomic E-state index is -2.88. The van der Waals surface area contributed by atoms with E-state index in [2.05, 4.69) is 10.2 Å². The smallest absolute Gasteiger partial charge is 0.323 e. The van der Waals surface area contributed by atoms with E-state index in [1.54, 1.807) is 6.92 Å². The minimum absolute atomic E-state index is 0.219. The molecular weight excluding hydrogens is 280 g/mol. The van der Waals surface area contributed by atoms with E-state index in [4.69, 9.17) is 0 Å². The normalized spacial score (nSPS) is 22.9. The molecule has 118 valence electrons. The predicted molar refractivity (Wildman–Crippen MR) is 78.7 cm³/mol. The van der Waals surface area contributed by atoms with Crippen molar-refractivity contribution < 1.29 is 18.3 Å². The van der Waals surface area contributed by atoms with Gasteiger partial charge in [-0.15, -0.1) is 0 Å². The van der Waals surface area contributed by atoms with E-state index < -0.39 is 21.3 Å². The molecule has 0 aromatic heterocycles. The summed E-state index contributed by atoms with van der Waals surface area (Å²) in [6, 6.07) is 0. The number of nitrogens with one attached hydrogen (secondary N) is 1. The van der Waals surface area contributed by atoms with Crippen molar-refractivity contribution >= 4 is 15.8 Å². The lowest BCUT2D eigenvalue weighted by Crippen LogP contribution is -2.49. The monoisotopic (exact) mass is 306 g/mol. The number of carboxylic acids is 1. The first kappa shape index (κ1) is 17.4. The molecule has 6 nitrogen and oxygen atoms in total. The Morgan fingerprint density at radius 3 is 2.65 bits per heavy atom. The van der Waals surface area contributed by atoms with Gasteiger partial charge >= 0.3 is 5.97 Å². The number of carbonyl (C=O) groups is 1. The van der Waals surface area contributed by atoms with Crippen LogP contribution in [0.15, 0.2) is 0 Å². The van der Waals surface area contributed by atoms with Gasteiger partial charge in [-0.1, -0.05) is 6.92 Å². The van der Waals surface area contributed by atoms with Gasteiger partial charge in [0.2, 0.25) is 0 Å². The van der Waals surface area contributed by atoms with Gasteiger partial charge in [0.1, 0.15) is 5.54 Å². The van der Waals surface area contributed by atoms with E-state index in [1.807, 2.05) is 6.92 Å². The third-order valence-electron chi connectivity index (χ3n) is 3.84. The van der Waals surface area contributed by atoms with Crippen molar-refractivity contribution in [2.24, 2.45) is 0 Å². The highest BCUT2D eigenvalue weighted by Crippen LogP contribution is 2.14. The fourth-order valence-electron chi connectivity index (χ4n) is 2.53. The third-order valence-corrected chi connectivity index (χ3v) is 5.55. The average molecular weight is 306 g/mol. The van der Waals surface area contributed by atoms with Gasteiger partial charge in [0, 0.05) is 6.54 Å². The van der Waals surface area contributed by atoms with Gasteiger partial charge in [0.15, 0.2) is 9.84 Å². The van der Waals surface area contributed by atoms with Gasteiger partial charge in [0.25, 0.3) is 0 Å². The van der Waals surface area contributed by atoms with Crippen LogP contribution in [0.3, 0.4) is 0 Å². The van der Waals surface area contributed by atoms with Crippen LogP contribution in [0.2, 0.25) is 0 Å². The highest BCUT2D eigenvalue weighted by Gasteiger charge is 2.31. The van der Waals surface area contributed by atoms with Crippen LogP contribution in [0.1, 0.15) is 33.1 Å². The molecule has 0 radical (unpaired) electrons. The summed E-state index contributed by atoms with van der Waals surface area (Å²) in [6.07, 6.45) is 1.96. The van der Waals surface area contributed by atoms with Crippen molar-refractivity contribution in [2.75, 3.05) is 37.7 Å². The second kappa shape index (κ2) is 7.38. The van der Waals surface area contributed by atoms with Gasteiger partial charge in [-0.3, -0.25) is 4.79 Å². The Morgan fingerprint density at radius 1 is 1.35 bits per heavy atom. The Kier molecular flexibility index (Phi) is 6.42. The van der Waals surface area contributed by atoms with Gasteiger partial charge in [-0.05, 0) is 45.8 Å². The summed E-state index contributed by atoms with van der Waals surface area (Å²) in [5.74, 6) is -0.345. The Balaban J connectivity index is 2.41. The lowest BCUT2D eigenvalue weighted by atomic mass is 9.95. The molecule has 1 aliphatic heterocycles. The van der Waals surface area contributed by atoms with Gasteiger partial charge in [0.05, 0.1) is 11.5 Å². The largest absolute Gasteiger partial charge is 0.480 e. The van der Waals surface area contributed by atoms with Crippen molar-refractivity contribution in [3.63, 3.8) is 0 Å². The van der Waals surface area contributed by atoms with Crippen LogP contribution in [0, 0.1) is 0 Å². The second-order valence-corrected chi connectivity index (χ2v) is 7.92. The number of carboxylic acid groups (broad SMARTS) is 1. The van der Waals surface area contributed by atoms with Crippen LogP contribution in [0.4, 0.5) is 0 Å². The Morgan fingerprint density at radius 2 is 2.05 bits per heavy atom. The van der Waals surface area contributed by atoms with Crippen molar-refractivity contribution in [2.45, 2.75) is 38.6 Å². The molecule has 1 saturated heterocycles. The number of hydrogen-bond donors (Lipinski definition) is 2. The summed E-state index contributed by atoms with van der Waals surface area (Å²) < 4.78 is 23.0. The maximum absolute atomic E-state index is 11.5. The second-order valence-electron chi connectivity index (χ2n) is 5.62. The van der Waals surface area contributed by atoms with Crippen LogP contribution in [-0.4, -0.2) is 67.6 Å². The number of nitrogens with zero attached hydrogens (tertiary/aromatic N) is 1. The summed E-state index contributed by atoms with van der Waals surface area (Å²) in [6.45, 7) is 6.30. The molecule has 1 rings (SSSR count). The fourth-order valence-corrected chi connectivity index (χ4v) is 3.84. The maximum Gasteiger partial charge on any atom is 0.323 e. The van der Waals surface area contributed by atoms with E-state index >= 15 is 0 Å². The summed E-state index contributed by atoms with van der Waals surface area (Å²) in [4.78, 5) is 13.4. The Bertz CT molecular complexity index is 424. The summed E-state index contributed by atoms with van der Waals surface area (Å²) in [5.41, 5.74) is -0.896. The third kappa shape index (κ3) is 5.38. The molecule has 0 bridgehead atoms. The fraction of sp³-hybridized carbons (Fsp3) is 0.923. The highest BCUT2D eigenvalue weighted by atomic mass is 32.2. The SMILES string of the molecule is CCNC(C)(CCCN1CCCS(=O)(=O)CC1)C(=O)O. The zero-order chi connectivity index (χ0) is 15.2. The highest BCUT2D eigenvalue weighted by molar-refractivity contribution is 7.91. The molecule has 0 aliphatic carbocycles. The Labute approximate surface area is 121 Å². The molecule has 0 spiro atoms. The van der Waals surface area contributed by atoms with E-state index in [0.717, 1.165) is 19.5 Å². The molecule has 1 fully saturated rings. The zero-order valence-corrected chi connectivity index (χ0v) is 13.2. The maximum atomic E-state index is 11.5. The topological polar surface area (TPSA) is 86.7 Å². The quantitative estimate of drug-likeness (QED) is 0.705. The van der Waals surface area contributed by atoms with Crippen LogP contribution in [0.5, 0.6) is 0 Å². The molecule has 0 aromatic carbocycles. The van der Waals surface area contributed by atoms with E-state index in [9.17, 15) is 18.3 Å². The summed E-state index contributed by atoms with van der Waals surface area (Å²) in [7, 11) is -2.88. The lowest BCUT2D eigenvalue weighted by molar-refractivity contribution is -0.144. The molecule has 1 heterocycles. The van der Waals surface area contributed by atoms with Gasteiger partial charge in [-0.2, -0.15) is 0 Å². The molecule has 1 unspecified atom stereocenters. The predicted octanol–water partition coefficient (Wildman–Crippen LogP) is 0.340. The van der Waals surface area contributed by atoms with E-state index in [0.29, 0.717) is 25.9 Å². The molecule has 7 heteroatoms. The van der Waals surface area contributed by atoms with Crippen LogP contribution < -0.4 is 5.32 Å². The number of likely N-dealkylation sites (N-methyl/N-ethyl adjacent to an activating group) is 1. The lowest BCUT2D eigenvalue weighted by Gasteiger charge is -2.27. The zero-order valence-electron chi connectivity index (χ0n) is 12.4. The van der Waals surface area contributed by atoms with E-state index in [1.165, 1.54) is 0 Å². The number of sulfone groups is 1. The molecule has 1 aliphatic rings. The van der Waals surface area contributed by atoms with Crippen molar-refractivity contribution in [1.82, 2.24) is 10.2 Å². The molecule has 1 atom stereocenters. The molecule has 0 saturated carbocycles. The molecule has 2 N–H and O–H groups in total. The van der Waals surface area contributed by atoms with Crippen molar-refractivity contribution in [1.29, 1.82) is 0 Å². The minimum Gasteiger partial charge on any atom is -0.480 e. The first-order valence-corrected chi connectivity index (χ1v) is 9.02. The number of rotatable bonds is 7. The first-order valence-electron chi connectivity index (χ1n) is 7.20. The van der Waals surface area contributed by atoms with E-state index in [-0.39, 0.29) is 11.5 Å². The van der Waals surface area contributed by atoms with Crippen LogP contribution >= 0.6 is 0 Å². The average Bonchev–Trinajstić information content (AvgIpc) is 2.51. The Hall–Kier alpha value is -0.660. The van der Waals surface area contributed by atoms with Crippen molar-refractivity contribution in [3.8, 4) is 0 Å². The molecule has 0 aromatic rings. The summed E-state index contributed by atoms with van der Waals surface area (Å²) in [5, 5.41) is 12.3. The van der Waals surface area contributed by atoms with Crippen molar-refractivity contribution in [3.05, 3.63) is 0 Å². The first-order chi connectivity index (χ1) is 9.29.